The van der Waals surface area contributed by atoms with Gasteiger partial charge in [0, 0.05) is 30.7 Å². The highest BCUT2D eigenvalue weighted by Gasteiger charge is 2.22. The van der Waals surface area contributed by atoms with Crippen molar-refractivity contribution in [2.75, 3.05) is 46.6 Å². The number of fused-ring (bicyclic) bond motifs is 1. The number of unbranched alkanes of at least 4 members (excludes halogenated alkanes) is 1. The Morgan fingerprint density at radius 3 is 2.47 bits per heavy atom. The van der Waals surface area contributed by atoms with Gasteiger partial charge >= 0.3 is 0 Å². The van der Waals surface area contributed by atoms with Crippen molar-refractivity contribution >= 4 is 20.7 Å². The Morgan fingerprint density at radius 1 is 0.884 bits per heavy atom. The Balaban J connectivity index is 1.27. The average Bonchev–Trinajstić information content (AvgIpc) is 2.99. The summed E-state index contributed by atoms with van der Waals surface area (Å²) in [4.78, 5) is 5.98. The Hall–Kier alpha value is -3.87. The molecule has 0 amide bonds. The maximum Gasteiger partial charge on any atom is 0.185 e. The van der Waals surface area contributed by atoms with Gasteiger partial charge in [0.05, 0.1) is 38.2 Å². The minimum atomic E-state index is -4.27. The van der Waals surface area contributed by atoms with E-state index in [0.717, 1.165) is 63.9 Å². The summed E-state index contributed by atoms with van der Waals surface area (Å²) in [5, 5.41) is 0.548. The number of sulfone groups is 1. The smallest absolute Gasteiger partial charge is 0.185 e. The van der Waals surface area contributed by atoms with E-state index in [1.54, 1.807) is 18.2 Å². The summed E-state index contributed by atoms with van der Waals surface area (Å²) in [5.74, 6) is -2.42. The topological polar surface area (TPSA) is 87.2 Å². The molecule has 1 aliphatic rings. The fraction of sp³-hybridized carbons (Fsp3) is 0.323. The molecule has 0 bridgehead atoms. The van der Waals surface area contributed by atoms with Crippen LogP contribution in [-0.4, -0.2) is 64.9 Å². The third-order valence-corrected chi connectivity index (χ3v) is 8.71. The van der Waals surface area contributed by atoms with E-state index < -0.39 is 37.9 Å². The number of hydrogen-bond acceptors (Lipinski definition) is 8. The van der Waals surface area contributed by atoms with Gasteiger partial charge in [0.1, 0.15) is 22.3 Å². The predicted octanol–water partition coefficient (Wildman–Crippen LogP) is 5.92. The quantitative estimate of drug-likeness (QED) is 0.182. The molecule has 1 aliphatic heterocycles. The Bertz CT molecular complexity index is 1700. The molecule has 5 rings (SSSR count). The van der Waals surface area contributed by atoms with Gasteiger partial charge in [-0.2, -0.15) is 0 Å². The van der Waals surface area contributed by atoms with Crippen LogP contribution in [0.1, 0.15) is 18.4 Å². The van der Waals surface area contributed by atoms with E-state index in [1.165, 1.54) is 25.4 Å². The Kier molecular flexibility index (Phi) is 9.69. The molecule has 0 saturated carbocycles. The van der Waals surface area contributed by atoms with Crippen LogP contribution in [0.5, 0.6) is 23.0 Å². The first kappa shape index (κ1) is 30.6. The van der Waals surface area contributed by atoms with Crippen LogP contribution in [-0.2, 0) is 20.3 Å². The molecular formula is C31H31F3N2O6S. The largest absolute Gasteiger partial charge is 0.493 e. The second-order valence-corrected chi connectivity index (χ2v) is 12.0. The van der Waals surface area contributed by atoms with Crippen LogP contribution < -0.4 is 14.2 Å². The van der Waals surface area contributed by atoms with E-state index in [1.807, 2.05) is 0 Å². The average molecular weight is 617 g/mol. The molecule has 0 unspecified atom stereocenters. The number of benzene rings is 3. The fourth-order valence-corrected chi connectivity index (χ4v) is 6.21. The number of rotatable bonds is 12. The van der Waals surface area contributed by atoms with Crippen molar-refractivity contribution in [2.24, 2.45) is 0 Å². The molecule has 1 aromatic heterocycles. The van der Waals surface area contributed by atoms with Crippen LogP contribution in [0, 0.1) is 17.5 Å². The number of nitrogens with zero attached hydrogens (tertiary/aromatic N) is 2. The molecule has 228 valence electrons. The van der Waals surface area contributed by atoms with Crippen LogP contribution in [0.25, 0.3) is 10.9 Å². The summed E-state index contributed by atoms with van der Waals surface area (Å²) in [7, 11) is -2.76. The molecule has 3 aromatic carbocycles. The lowest BCUT2D eigenvalue weighted by atomic mass is 10.1. The van der Waals surface area contributed by atoms with Crippen molar-refractivity contribution < 1.29 is 40.5 Å². The maximum absolute atomic E-state index is 15.1. The number of hydrogen-bond donors (Lipinski definition) is 0. The first-order chi connectivity index (χ1) is 20.7. The van der Waals surface area contributed by atoms with Gasteiger partial charge in [-0.3, -0.25) is 9.88 Å². The highest BCUT2D eigenvalue weighted by atomic mass is 32.2. The van der Waals surface area contributed by atoms with Crippen LogP contribution in [0.2, 0.25) is 0 Å². The zero-order valence-electron chi connectivity index (χ0n) is 23.5. The zero-order chi connectivity index (χ0) is 30.4. The third kappa shape index (κ3) is 7.56. The van der Waals surface area contributed by atoms with Gasteiger partial charge in [0.25, 0.3) is 0 Å². The van der Waals surface area contributed by atoms with E-state index in [9.17, 15) is 17.2 Å². The van der Waals surface area contributed by atoms with E-state index in [-0.39, 0.29) is 11.3 Å². The predicted molar refractivity (Wildman–Crippen MR) is 154 cm³/mol. The number of halogens is 3. The van der Waals surface area contributed by atoms with Crippen molar-refractivity contribution in [2.45, 2.75) is 23.5 Å². The summed E-state index contributed by atoms with van der Waals surface area (Å²) >= 11 is 0. The Morgan fingerprint density at radius 2 is 1.70 bits per heavy atom. The molecule has 0 N–H and O–H groups in total. The number of ether oxygens (including phenoxy) is 4. The summed E-state index contributed by atoms with van der Waals surface area (Å²) in [5.41, 5.74) is 0.586. The minimum absolute atomic E-state index is 0.0431. The standard InChI is InChI=1S/C31H31F3N2O6S/c1-39-29-18-23-26(19-30(29)41-13-3-2-10-36-11-14-40-15-12-36)35-9-8-27(23)42-28-7-4-21(16-25(28)34)20-43(37,38)31-17-22(32)5-6-24(31)33/h4-9,16-19H,2-3,10-15,20H2,1H3. The lowest BCUT2D eigenvalue weighted by Crippen LogP contribution is -2.36. The number of morpholine rings is 1. The van der Waals surface area contributed by atoms with Gasteiger partial charge in [0.15, 0.2) is 32.9 Å². The van der Waals surface area contributed by atoms with Crippen LogP contribution in [0.4, 0.5) is 13.2 Å². The highest BCUT2D eigenvalue weighted by molar-refractivity contribution is 7.90. The first-order valence-electron chi connectivity index (χ1n) is 13.8. The first-order valence-corrected chi connectivity index (χ1v) is 15.4. The van der Waals surface area contributed by atoms with Gasteiger partial charge in [-0.15, -0.1) is 0 Å². The molecule has 4 aromatic rings. The molecule has 2 heterocycles. The van der Waals surface area contributed by atoms with Crippen molar-refractivity contribution in [3.05, 3.63) is 83.8 Å². The second-order valence-electron chi connectivity index (χ2n) is 10.0. The molecule has 43 heavy (non-hydrogen) atoms. The molecule has 8 nitrogen and oxygen atoms in total. The van der Waals surface area contributed by atoms with Crippen LogP contribution >= 0.6 is 0 Å². The van der Waals surface area contributed by atoms with E-state index >= 15 is 4.39 Å². The van der Waals surface area contributed by atoms with E-state index in [2.05, 4.69) is 9.88 Å². The van der Waals surface area contributed by atoms with Crippen molar-refractivity contribution in [3.63, 3.8) is 0 Å². The molecule has 12 heteroatoms. The zero-order valence-corrected chi connectivity index (χ0v) is 24.3. The normalized spacial score (nSPS) is 14.1. The summed E-state index contributed by atoms with van der Waals surface area (Å²) in [6, 6.07) is 10.8. The molecule has 0 spiro atoms. The summed E-state index contributed by atoms with van der Waals surface area (Å²) in [6.07, 6.45) is 3.37. The lowest BCUT2D eigenvalue weighted by molar-refractivity contribution is 0.0368. The molecule has 0 radical (unpaired) electrons. The monoisotopic (exact) mass is 616 g/mol. The summed E-state index contributed by atoms with van der Waals surface area (Å²) in [6.45, 7) is 4.93. The third-order valence-electron chi connectivity index (χ3n) is 7.02. The van der Waals surface area contributed by atoms with E-state index in [0.29, 0.717) is 40.8 Å². The molecule has 1 saturated heterocycles. The van der Waals surface area contributed by atoms with Gasteiger partial charge in [-0.1, -0.05) is 6.07 Å². The minimum Gasteiger partial charge on any atom is -0.493 e. The maximum atomic E-state index is 15.1. The van der Waals surface area contributed by atoms with Gasteiger partial charge in [-0.25, -0.2) is 21.6 Å². The second kappa shape index (κ2) is 13.6. The SMILES string of the molecule is COc1cc2c(Oc3ccc(CS(=O)(=O)c4cc(F)ccc4F)cc3F)ccnc2cc1OCCCCN1CCOCC1. The van der Waals surface area contributed by atoms with Gasteiger partial charge in [-0.05, 0) is 67.4 Å². The van der Waals surface area contributed by atoms with Crippen molar-refractivity contribution in [1.29, 1.82) is 0 Å². The number of aromatic nitrogens is 1. The molecular weight excluding hydrogens is 585 g/mol. The Labute approximate surface area is 247 Å². The molecule has 1 fully saturated rings. The van der Waals surface area contributed by atoms with Crippen LogP contribution in [0.3, 0.4) is 0 Å². The number of methoxy groups -OCH3 is 1. The van der Waals surface area contributed by atoms with Crippen molar-refractivity contribution in [1.82, 2.24) is 9.88 Å². The highest BCUT2D eigenvalue weighted by Crippen LogP contribution is 2.38. The van der Waals surface area contributed by atoms with Gasteiger partial charge < -0.3 is 18.9 Å². The number of pyridine rings is 1. The lowest BCUT2D eigenvalue weighted by Gasteiger charge is -2.26. The summed E-state index contributed by atoms with van der Waals surface area (Å²) < 4.78 is 90.7. The van der Waals surface area contributed by atoms with Crippen molar-refractivity contribution in [3.8, 4) is 23.0 Å². The van der Waals surface area contributed by atoms with Crippen LogP contribution in [0.15, 0.2) is 65.7 Å². The molecule has 0 atom stereocenters. The van der Waals surface area contributed by atoms with Gasteiger partial charge in [0.2, 0.25) is 0 Å². The van der Waals surface area contributed by atoms with E-state index in [4.69, 9.17) is 18.9 Å². The molecule has 0 aliphatic carbocycles. The fourth-order valence-electron chi connectivity index (χ4n) is 4.78.